The van der Waals surface area contributed by atoms with Gasteiger partial charge in [0.05, 0.1) is 11.1 Å². The van der Waals surface area contributed by atoms with Gasteiger partial charge in [-0.15, -0.1) is 0 Å². The molecular formula is C40H28N2. The smallest absolute Gasteiger partial charge is 0.139 e. The summed E-state index contributed by atoms with van der Waals surface area (Å²) in [5.41, 5.74) is 12.5. The van der Waals surface area contributed by atoms with Crippen LogP contribution in [0.25, 0.3) is 33.0 Å². The molecule has 1 heterocycles. The zero-order chi connectivity index (χ0) is 28.3. The van der Waals surface area contributed by atoms with Gasteiger partial charge in [-0.1, -0.05) is 141 Å². The molecule has 0 bridgehead atoms. The van der Waals surface area contributed by atoms with E-state index in [2.05, 4.69) is 152 Å². The summed E-state index contributed by atoms with van der Waals surface area (Å²) in [5, 5.41) is 5.69. The number of benzene rings is 6. The van der Waals surface area contributed by atoms with Gasteiger partial charge in [0, 0.05) is 16.6 Å². The van der Waals surface area contributed by atoms with Gasteiger partial charge in [-0.05, 0) is 62.0 Å². The van der Waals surface area contributed by atoms with Crippen molar-refractivity contribution >= 4 is 22.3 Å². The van der Waals surface area contributed by atoms with Crippen LogP contribution in [0.2, 0.25) is 0 Å². The summed E-state index contributed by atoms with van der Waals surface area (Å²) in [7, 11) is 0. The van der Waals surface area contributed by atoms with Gasteiger partial charge in [0.2, 0.25) is 0 Å². The second-order valence-corrected chi connectivity index (χ2v) is 10.9. The van der Waals surface area contributed by atoms with Crippen LogP contribution in [0, 0.1) is 0 Å². The Balaban J connectivity index is 1.43. The fourth-order valence-corrected chi connectivity index (χ4v) is 7.11. The van der Waals surface area contributed by atoms with E-state index in [9.17, 15) is 0 Å². The molecule has 0 saturated heterocycles. The third-order valence-electron chi connectivity index (χ3n) is 8.80. The van der Waals surface area contributed by atoms with Gasteiger partial charge in [0.15, 0.2) is 0 Å². The van der Waals surface area contributed by atoms with E-state index in [1.807, 2.05) is 0 Å². The Morgan fingerprint density at radius 1 is 0.595 bits per heavy atom. The van der Waals surface area contributed by atoms with Crippen molar-refractivity contribution in [3.63, 3.8) is 0 Å². The number of aliphatic imine (C=N–C) groups is 1. The van der Waals surface area contributed by atoms with Crippen LogP contribution in [0.1, 0.15) is 27.8 Å². The Morgan fingerprint density at radius 2 is 1.21 bits per heavy atom. The first-order valence-corrected chi connectivity index (χ1v) is 14.3. The minimum atomic E-state index is -0.426. The molecule has 198 valence electrons. The summed E-state index contributed by atoms with van der Waals surface area (Å²) >= 11 is 0. The highest BCUT2D eigenvalue weighted by Gasteiger charge is 2.46. The number of nitrogens with one attached hydrogen (secondary N) is 1. The van der Waals surface area contributed by atoms with E-state index in [0.717, 1.165) is 28.2 Å². The van der Waals surface area contributed by atoms with Crippen molar-refractivity contribution in [3.05, 3.63) is 186 Å². The Morgan fingerprint density at radius 3 is 1.95 bits per heavy atom. The summed E-state index contributed by atoms with van der Waals surface area (Å²) in [5.74, 6) is 0.813. The molecule has 2 heteroatoms. The topological polar surface area (TPSA) is 24.4 Å². The van der Waals surface area contributed by atoms with Crippen molar-refractivity contribution in [3.8, 4) is 22.3 Å². The number of rotatable bonds is 5. The summed E-state index contributed by atoms with van der Waals surface area (Å²) in [6, 6.07) is 48.5. The predicted octanol–water partition coefficient (Wildman–Crippen LogP) is 9.55. The highest BCUT2D eigenvalue weighted by molar-refractivity contribution is 6.22. The lowest BCUT2D eigenvalue weighted by Crippen LogP contribution is -2.28. The largest absolute Gasteiger partial charge is 0.340 e. The minimum absolute atomic E-state index is 0.426. The second-order valence-electron chi connectivity index (χ2n) is 10.9. The van der Waals surface area contributed by atoms with Crippen molar-refractivity contribution in [2.75, 3.05) is 0 Å². The molecule has 0 radical (unpaired) electrons. The SMILES string of the molecule is C=CC(=C)NC1=Nc2ccc(-c3cccc4c3-c3ccccc3C4(c3ccccc3)c3ccccc3)c3cccc1c23. The van der Waals surface area contributed by atoms with Crippen LogP contribution >= 0.6 is 0 Å². The van der Waals surface area contributed by atoms with Gasteiger partial charge in [-0.2, -0.15) is 0 Å². The van der Waals surface area contributed by atoms with E-state index in [1.165, 1.54) is 49.9 Å². The molecule has 1 aliphatic carbocycles. The van der Waals surface area contributed by atoms with E-state index < -0.39 is 5.41 Å². The Labute approximate surface area is 246 Å². The molecule has 0 saturated carbocycles. The number of fused-ring (bicyclic) bond motifs is 3. The van der Waals surface area contributed by atoms with E-state index in [1.54, 1.807) is 6.08 Å². The fourth-order valence-electron chi connectivity index (χ4n) is 7.11. The number of hydrogen-bond donors (Lipinski definition) is 1. The molecule has 0 amide bonds. The van der Waals surface area contributed by atoms with Crippen LogP contribution in [0.3, 0.4) is 0 Å². The maximum Gasteiger partial charge on any atom is 0.139 e. The maximum atomic E-state index is 4.93. The fraction of sp³-hybridized carbons (Fsp3) is 0.0250. The Hall–Kier alpha value is -5.47. The van der Waals surface area contributed by atoms with Crippen molar-refractivity contribution in [1.29, 1.82) is 0 Å². The van der Waals surface area contributed by atoms with Gasteiger partial charge < -0.3 is 5.32 Å². The molecule has 42 heavy (non-hydrogen) atoms. The molecule has 0 spiro atoms. The number of hydrogen-bond acceptors (Lipinski definition) is 2. The summed E-state index contributed by atoms with van der Waals surface area (Å²) in [6.07, 6.45) is 1.72. The van der Waals surface area contributed by atoms with Crippen LogP contribution < -0.4 is 5.32 Å². The lowest BCUT2D eigenvalue weighted by atomic mass is 9.67. The molecule has 0 unspecified atom stereocenters. The van der Waals surface area contributed by atoms with Crippen molar-refractivity contribution in [2.45, 2.75) is 5.41 Å². The van der Waals surface area contributed by atoms with E-state index in [0.29, 0.717) is 0 Å². The van der Waals surface area contributed by atoms with Crippen LogP contribution in [-0.2, 0) is 5.41 Å². The van der Waals surface area contributed by atoms with Gasteiger partial charge >= 0.3 is 0 Å². The monoisotopic (exact) mass is 536 g/mol. The van der Waals surface area contributed by atoms with Gasteiger partial charge in [-0.25, -0.2) is 4.99 Å². The lowest BCUT2D eigenvalue weighted by molar-refractivity contribution is 0.768. The first-order chi connectivity index (χ1) is 20.7. The summed E-state index contributed by atoms with van der Waals surface area (Å²) in [4.78, 5) is 4.93. The Kier molecular flexibility index (Phi) is 5.38. The maximum absolute atomic E-state index is 4.93. The summed E-state index contributed by atoms with van der Waals surface area (Å²) in [6.45, 7) is 7.89. The predicted molar refractivity (Wildman–Crippen MR) is 175 cm³/mol. The van der Waals surface area contributed by atoms with Crippen molar-refractivity contribution in [1.82, 2.24) is 5.32 Å². The molecule has 8 rings (SSSR count). The van der Waals surface area contributed by atoms with Crippen LogP contribution in [0.15, 0.2) is 163 Å². The van der Waals surface area contributed by atoms with E-state index >= 15 is 0 Å². The number of amidine groups is 1. The van der Waals surface area contributed by atoms with Crippen LogP contribution in [-0.4, -0.2) is 5.84 Å². The average Bonchev–Trinajstić information content (AvgIpc) is 3.56. The lowest BCUT2D eigenvalue weighted by Gasteiger charge is -2.34. The average molecular weight is 537 g/mol. The number of nitrogens with zero attached hydrogens (tertiary/aromatic N) is 1. The van der Waals surface area contributed by atoms with Crippen LogP contribution in [0.4, 0.5) is 5.69 Å². The number of allylic oxidation sites excluding steroid dienone is 1. The first-order valence-electron chi connectivity index (χ1n) is 14.3. The quantitative estimate of drug-likeness (QED) is 0.218. The van der Waals surface area contributed by atoms with E-state index in [4.69, 9.17) is 4.99 Å². The van der Waals surface area contributed by atoms with Gasteiger partial charge in [0.1, 0.15) is 5.84 Å². The van der Waals surface area contributed by atoms with Crippen molar-refractivity contribution in [2.24, 2.45) is 4.99 Å². The van der Waals surface area contributed by atoms with Crippen molar-refractivity contribution < 1.29 is 0 Å². The molecule has 2 nitrogen and oxygen atoms in total. The molecule has 1 N–H and O–H groups in total. The standard InChI is InChI=1S/C40H28N2/c1-3-26(2)41-39-33-21-12-19-31-29(24-25-36(42-39)38(31)33)30-20-13-23-35-37(30)32-18-10-11-22-34(32)40(35,27-14-6-4-7-15-27)28-16-8-5-9-17-28/h3-25H,1-2H2,(H,41,42). The zero-order valence-corrected chi connectivity index (χ0v) is 23.1. The molecule has 1 aliphatic heterocycles. The Bertz CT molecular complexity index is 2040. The molecule has 2 aliphatic rings. The molecular weight excluding hydrogens is 508 g/mol. The third-order valence-corrected chi connectivity index (χ3v) is 8.80. The molecule has 6 aromatic rings. The first kappa shape index (κ1) is 24.3. The molecule has 0 aromatic heterocycles. The third kappa shape index (κ3) is 3.30. The molecule has 0 fully saturated rings. The molecule has 0 atom stereocenters. The minimum Gasteiger partial charge on any atom is -0.340 e. The second kappa shape index (κ2) is 9.29. The van der Waals surface area contributed by atoms with Gasteiger partial charge in [-0.3, -0.25) is 0 Å². The molecule has 6 aromatic carbocycles. The highest BCUT2D eigenvalue weighted by atomic mass is 15.0. The zero-order valence-electron chi connectivity index (χ0n) is 23.1. The van der Waals surface area contributed by atoms with Gasteiger partial charge in [0.25, 0.3) is 0 Å². The van der Waals surface area contributed by atoms with Crippen LogP contribution in [0.5, 0.6) is 0 Å². The van der Waals surface area contributed by atoms with E-state index in [-0.39, 0.29) is 0 Å². The summed E-state index contributed by atoms with van der Waals surface area (Å²) < 4.78 is 0. The normalized spacial score (nSPS) is 13.8. The highest BCUT2D eigenvalue weighted by Crippen LogP contribution is 2.58.